The number of benzene rings is 3. The van der Waals surface area contributed by atoms with Crippen LogP contribution in [0, 0.1) is 0 Å². The van der Waals surface area contributed by atoms with Crippen LogP contribution in [-0.2, 0) is 19.6 Å². The smallest absolute Gasteiger partial charge is 0.264 e. The van der Waals surface area contributed by atoms with Crippen LogP contribution in [0.4, 0.5) is 22.7 Å². The van der Waals surface area contributed by atoms with Crippen molar-refractivity contribution in [1.82, 2.24) is 15.6 Å². The molecule has 3 aromatic carbocycles. The lowest BCUT2D eigenvalue weighted by atomic mass is 10.1. The molecule has 0 radical (unpaired) electrons. The van der Waals surface area contributed by atoms with Gasteiger partial charge in [-0.25, -0.2) is 18.4 Å². The number of thioether (sulfide) groups is 2. The summed E-state index contributed by atoms with van der Waals surface area (Å²) in [7, 11) is -3.43. The number of anilines is 2. The zero-order valence-corrected chi connectivity index (χ0v) is 27.2. The number of sulfonamides is 1. The Morgan fingerprint density at radius 1 is 0.956 bits per heavy atom. The van der Waals surface area contributed by atoms with E-state index in [1.165, 1.54) is 41.7 Å². The fraction of sp³-hybridized carbons (Fsp3) is 0.0690. The maximum Gasteiger partial charge on any atom is 0.264 e. The number of pyridine rings is 1. The summed E-state index contributed by atoms with van der Waals surface area (Å²) in [5, 5.41) is 8.06. The van der Waals surface area contributed by atoms with Gasteiger partial charge in [0.05, 0.1) is 49.5 Å². The third-order valence-electron chi connectivity index (χ3n) is 5.83. The summed E-state index contributed by atoms with van der Waals surface area (Å²) < 4.78 is 25.2. The predicted octanol–water partition coefficient (Wildman–Crippen LogP) is 5.92. The number of hydrogen-bond acceptors (Lipinski definition) is 10. The Morgan fingerprint density at radius 2 is 1.69 bits per heavy atom. The maximum atomic E-state index is 12.4. The molecular weight excluding hydrogens is 677 g/mol. The molecule has 1 aromatic heterocycles. The minimum absolute atomic E-state index is 0.0428. The Bertz CT molecular complexity index is 2040. The van der Waals surface area contributed by atoms with Crippen LogP contribution in [0.15, 0.2) is 87.8 Å². The molecule has 0 spiro atoms. The number of carbonyl (C=O) groups is 2. The quantitative estimate of drug-likeness (QED) is 0.147. The molecule has 2 saturated heterocycles. The van der Waals surface area contributed by atoms with Gasteiger partial charge in [-0.2, -0.15) is 0 Å². The fourth-order valence-electron chi connectivity index (χ4n) is 3.91. The summed E-state index contributed by atoms with van der Waals surface area (Å²) in [5.74, 6) is 0.0871. The number of aliphatic imine (C=N–C) groups is 2. The van der Waals surface area contributed by atoms with E-state index in [0.717, 1.165) is 22.7 Å². The Hall–Kier alpha value is -4.08. The van der Waals surface area contributed by atoms with Crippen LogP contribution in [0.1, 0.15) is 5.56 Å². The van der Waals surface area contributed by atoms with Crippen LogP contribution < -0.4 is 21.1 Å². The van der Waals surface area contributed by atoms with E-state index >= 15 is 0 Å². The van der Waals surface area contributed by atoms with E-state index in [2.05, 4.69) is 30.3 Å². The second-order valence-electron chi connectivity index (χ2n) is 9.44. The molecule has 5 N–H and O–H groups in total. The number of nitrogens with zero attached hydrogens (tertiary/aromatic N) is 3. The molecular formula is C29H23Cl2N7O4S3. The van der Waals surface area contributed by atoms with Gasteiger partial charge in [-0.1, -0.05) is 47.1 Å². The summed E-state index contributed by atoms with van der Waals surface area (Å²) in [5.41, 5.74) is 9.18. The predicted molar refractivity (Wildman–Crippen MR) is 186 cm³/mol. The van der Waals surface area contributed by atoms with E-state index in [9.17, 15) is 18.0 Å². The fourth-order valence-corrected chi connectivity index (χ4v) is 6.31. The molecule has 0 atom stereocenters. The van der Waals surface area contributed by atoms with Crippen LogP contribution in [-0.4, -0.2) is 47.6 Å². The van der Waals surface area contributed by atoms with Crippen molar-refractivity contribution in [2.45, 2.75) is 0 Å². The lowest BCUT2D eigenvalue weighted by Gasteiger charge is -2.06. The third kappa shape index (κ3) is 8.99. The maximum absolute atomic E-state index is 12.4. The number of carbonyl (C=O) groups excluding carboxylic acids is 2. The number of amidine groups is 2. The van der Waals surface area contributed by atoms with Crippen LogP contribution >= 0.6 is 46.7 Å². The molecule has 6 rings (SSSR count). The summed E-state index contributed by atoms with van der Waals surface area (Å²) in [6.07, 6.45) is 4.56. The number of amides is 2. The minimum Gasteiger partial charge on any atom is -0.399 e. The molecule has 3 heterocycles. The first-order chi connectivity index (χ1) is 21.4. The molecule has 230 valence electrons. The van der Waals surface area contributed by atoms with Crippen LogP contribution in [0.5, 0.6) is 0 Å². The van der Waals surface area contributed by atoms with Gasteiger partial charge < -0.3 is 16.4 Å². The molecule has 0 saturated carbocycles. The number of hydrogen-bond donors (Lipinski definition) is 4. The molecule has 2 aliphatic rings. The van der Waals surface area contributed by atoms with E-state index in [-0.39, 0.29) is 11.8 Å². The number of nitrogens with one attached hydrogen (secondary N) is 3. The molecule has 0 unspecified atom stereocenters. The lowest BCUT2D eigenvalue weighted by molar-refractivity contribution is -0.117. The molecule has 0 aliphatic carbocycles. The van der Waals surface area contributed by atoms with Gasteiger partial charge in [0.25, 0.3) is 5.91 Å². The highest BCUT2D eigenvalue weighted by molar-refractivity contribution is 8.18. The highest BCUT2D eigenvalue weighted by Crippen LogP contribution is 2.33. The van der Waals surface area contributed by atoms with E-state index in [1.54, 1.807) is 30.5 Å². The first-order valence-electron chi connectivity index (χ1n) is 12.9. The van der Waals surface area contributed by atoms with Crippen LogP contribution in [0.3, 0.4) is 0 Å². The second kappa shape index (κ2) is 13.9. The van der Waals surface area contributed by atoms with Gasteiger partial charge in [-0.05, 0) is 78.0 Å². The monoisotopic (exact) mass is 699 g/mol. The highest BCUT2D eigenvalue weighted by Gasteiger charge is 2.24. The number of rotatable bonds is 5. The molecule has 45 heavy (non-hydrogen) atoms. The zero-order valence-electron chi connectivity index (χ0n) is 23.2. The van der Waals surface area contributed by atoms with Crippen LogP contribution in [0.2, 0.25) is 10.0 Å². The Labute approximate surface area is 276 Å². The van der Waals surface area contributed by atoms with Crippen molar-refractivity contribution in [2.24, 2.45) is 9.98 Å². The summed E-state index contributed by atoms with van der Waals surface area (Å²) in [4.78, 5) is 36.6. The van der Waals surface area contributed by atoms with Crippen molar-refractivity contribution in [3.8, 4) is 0 Å². The first-order valence-corrected chi connectivity index (χ1v) is 17.3. The molecule has 0 bridgehead atoms. The van der Waals surface area contributed by atoms with Crippen molar-refractivity contribution in [3.05, 3.63) is 93.4 Å². The minimum atomic E-state index is -3.43. The lowest BCUT2D eigenvalue weighted by Crippen LogP contribution is -2.19. The Morgan fingerprint density at radius 3 is 2.42 bits per heavy atom. The van der Waals surface area contributed by atoms with Crippen molar-refractivity contribution >= 4 is 119 Å². The third-order valence-corrected chi connectivity index (χ3v) is 8.85. The zero-order chi connectivity index (χ0) is 32.1. The Kier molecular flexibility index (Phi) is 9.99. The van der Waals surface area contributed by atoms with Gasteiger partial charge in [0, 0.05) is 17.3 Å². The molecule has 11 nitrogen and oxygen atoms in total. The van der Waals surface area contributed by atoms with E-state index in [0.29, 0.717) is 53.8 Å². The van der Waals surface area contributed by atoms with Crippen molar-refractivity contribution in [1.29, 1.82) is 0 Å². The molecule has 2 fully saturated rings. The molecule has 2 amide bonds. The normalized spacial score (nSPS) is 17.4. The number of nitrogen functional groups attached to an aromatic ring is 1. The summed E-state index contributed by atoms with van der Waals surface area (Å²) in [6, 6.07) is 19.2. The topological polar surface area (TPSA) is 168 Å². The standard InChI is InChI=1S/C20H15ClN4O3S2.C9H8ClN3OS/c1-30(27,28)25-14-5-6-15(21)17(11-14)23-20-24-19(26)18(29-20)10-12-4-7-16-13(9-12)3-2-8-22-16;10-6-2-1-5(11)3-7(6)12-9-13-8(14)4-15-9/h2-11,25H,1H3,(H,23,24,26);1-3H,4,11H2,(H,12,13,14)/b18-10-;. The summed E-state index contributed by atoms with van der Waals surface area (Å²) >= 11 is 14.6. The van der Waals surface area contributed by atoms with Gasteiger partial charge in [-0.3, -0.25) is 19.3 Å². The van der Waals surface area contributed by atoms with Crippen molar-refractivity contribution < 1.29 is 18.0 Å². The Balaban J connectivity index is 0.000000223. The summed E-state index contributed by atoms with van der Waals surface area (Å²) in [6.45, 7) is 0. The highest BCUT2D eigenvalue weighted by atomic mass is 35.5. The average molecular weight is 701 g/mol. The van der Waals surface area contributed by atoms with Gasteiger partial charge in [0.1, 0.15) is 0 Å². The number of aromatic nitrogens is 1. The number of nitrogens with two attached hydrogens (primary N) is 1. The van der Waals surface area contributed by atoms with Crippen molar-refractivity contribution in [3.63, 3.8) is 0 Å². The number of halogens is 2. The molecule has 4 aromatic rings. The van der Waals surface area contributed by atoms with E-state index in [4.69, 9.17) is 28.9 Å². The van der Waals surface area contributed by atoms with Gasteiger partial charge >= 0.3 is 0 Å². The molecule has 2 aliphatic heterocycles. The average Bonchev–Trinajstić information content (AvgIpc) is 3.55. The largest absolute Gasteiger partial charge is 0.399 e. The second-order valence-corrected chi connectivity index (χ2v) is 14.0. The van der Waals surface area contributed by atoms with E-state index < -0.39 is 10.0 Å². The van der Waals surface area contributed by atoms with E-state index in [1.807, 2.05) is 30.3 Å². The van der Waals surface area contributed by atoms with Crippen molar-refractivity contribution in [2.75, 3.05) is 22.5 Å². The van der Waals surface area contributed by atoms with Gasteiger partial charge in [0.2, 0.25) is 15.9 Å². The van der Waals surface area contributed by atoms with Gasteiger partial charge in [-0.15, -0.1) is 0 Å². The van der Waals surface area contributed by atoms with Crippen LogP contribution in [0.25, 0.3) is 17.0 Å². The van der Waals surface area contributed by atoms with Gasteiger partial charge in [0.15, 0.2) is 10.3 Å². The SMILES string of the molecule is CS(=O)(=O)Nc1ccc(Cl)c(N=C2NC(=O)/C(=C/c3ccc4ncccc4c3)S2)c1.Nc1ccc(Cl)c(N=C2NC(=O)CS2)c1. The first kappa shape index (κ1) is 32.3. The number of fused-ring (bicyclic) bond motifs is 1. The molecule has 16 heteroatoms.